The van der Waals surface area contributed by atoms with Crippen LogP contribution in [0.25, 0.3) is 27.4 Å². The largest absolute Gasteiger partial charge is 0.383 e. The van der Waals surface area contributed by atoms with Crippen molar-refractivity contribution in [3.05, 3.63) is 124 Å². The van der Waals surface area contributed by atoms with Gasteiger partial charge in [-0.1, -0.05) is 42.2 Å². The Kier molecular flexibility index (Phi) is 6.73. The minimum absolute atomic E-state index is 0.0843. The van der Waals surface area contributed by atoms with Crippen molar-refractivity contribution >= 4 is 33.4 Å². The van der Waals surface area contributed by atoms with E-state index in [1.54, 1.807) is 21.6 Å². The van der Waals surface area contributed by atoms with Crippen molar-refractivity contribution < 1.29 is 4.79 Å². The van der Waals surface area contributed by atoms with E-state index in [0.29, 0.717) is 38.6 Å². The number of hydrogen-bond donors (Lipinski definition) is 2. The summed E-state index contributed by atoms with van der Waals surface area (Å²) in [4.78, 5) is 36.7. The van der Waals surface area contributed by atoms with E-state index in [2.05, 4.69) is 32.2 Å². The molecule has 206 valence electrons. The molecule has 0 aliphatic carbocycles. The third kappa shape index (κ3) is 4.86. The lowest BCUT2D eigenvalue weighted by Gasteiger charge is -2.22. The predicted molar refractivity (Wildman–Crippen MR) is 163 cm³/mol. The third-order valence-electron chi connectivity index (χ3n) is 7.06. The van der Waals surface area contributed by atoms with Crippen LogP contribution in [0.15, 0.2) is 90.1 Å². The predicted octanol–water partition coefficient (Wildman–Crippen LogP) is 4.45. The topological polar surface area (TPSA) is 121 Å². The summed E-state index contributed by atoms with van der Waals surface area (Å²) in [5.41, 5.74) is 9.98. The zero-order valence-corrected chi connectivity index (χ0v) is 23.3. The van der Waals surface area contributed by atoms with Crippen molar-refractivity contribution in [3.8, 4) is 17.5 Å². The quantitative estimate of drug-likeness (QED) is 0.311. The van der Waals surface area contributed by atoms with Crippen LogP contribution in [0.5, 0.6) is 0 Å². The van der Waals surface area contributed by atoms with Crippen LogP contribution in [-0.2, 0) is 7.05 Å². The number of amides is 1. The fourth-order valence-electron chi connectivity index (χ4n) is 5.04. The van der Waals surface area contributed by atoms with Gasteiger partial charge in [0.1, 0.15) is 11.4 Å². The van der Waals surface area contributed by atoms with E-state index in [9.17, 15) is 9.59 Å². The second-order valence-corrected chi connectivity index (χ2v) is 10.1. The third-order valence-corrected chi connectivity index (χ3v) is 7.06. The molecule has 6 rings (SSSR count). The molecule has 0 spiro atoms. The number of fused-ring (bicyclic) bond motifs is 2. The normalized spacial score (nSPS) is 11.7. The standard InChI is InChI=1S/C33H27N7O2/c1-20-12-14-25-18-35-31(34)29(30(25)37-20)32(41)38-21(2)27-16-24-9-7-8-23(15-13-22-17-36-39(3)19-22)28(24)33(42)40(27)26-10-5-4-6-11-26/h4-12,14,16-19,21H,1-3H3,(H2,34,35)(H,38,41)/t21-/m0/s1. The van der Waals surface area contributed by atoms with Crippen molar-refractivity contribution in [2.45, 2.75) is 19.9 Å². The van der Waals surface area contributed by atoms with E-state index in [1.165, 1.54) is 0 Å². The van der Waals surface area contributed by atoms with Gasteiger partial charge in [0, 0.05) is 47.5 Å². The average molecular weight is 554 g/mol. The van der Waals surface area contributed by atoms with E-state index in [1.807, 2.05) is 93.8 Å². The van der Waals surface area contributed by atoms with Gasteiger partial charge in [-0.05, 0) is 55.6 Å². The summed E-state index contributed by atoms with van der Waals surface area (Å²) < 4.78 is 3.30. The number of hydrogen-bond acceptors (Lipinski definition) is 6. The van der Waals surface area contributed by atoms with Gasteiger partial charge in [0.25, 0.3) is 11.5 Å². The average Bonchev–Trinajstić information content (AvgIpc) is 3.40. The zero-order chi connectivity index (χ0) is 29.4. The molecule has 4 heterocycles. The highest BCUT2D eigenvalue weighted by atomic mass is 16.2. The number of para-hydroxylation sites is 1. The highest BCUT2D eigenvalue weighted by Gasteiger charge is 2.23. The van der Waals surface area contributed by atoms with Gasteiger partial charge in [0.2, 0.25) is 0 Å². The number of nitrogen functional groups attached to an aromatic ring is 1. The molecule has 1 amide bonds. The lowest BCUT2D eigenvalue weighted by atomic mass is 10.0. The molecule has 0 aliphatic heterocycles. The summed E-state index contributed by atoms with van der Waals surface area (Å²) in [6, 6.07) is 19.9. The van der Waals surface area contributed by atoms with E-state index in [-0.39, 0.29) is 16.9 Å². The van der Waals surface area contributed by atoms with Gasteiger partial charge in [0.15, 0.2) is 0 Å². The minimum Gasteiger partial charge on any atom is -0.383 e. The summed E-state index contributed by atoms with van der Waals surface area (Å²) in [5.74, 6) is 5.91. The Balaban J connectivity index is 1.48. The molecule has 42 heavy (non-hydrogen) atoms. The number of nitrogens with two attached hydrogens (primary N) is 1. The summed E-state index contributed by atoms with van der Waals surface area (Å²) >= 11 is 0. The molecule has 3 N–H and O–H groups in total. The van der Waals surface area contributed by atoms with Gasteiger partial charge < -0.3 is 11.1 Å². The molecule has 4 aromatic heterocycles. The Morgan fingerprint density at radius 3 is 2.57 bits per heavy atom. The first-order valence-corrected chi connectivity index (χ1v) is 13.4. The Morgan fingerprint density at radius 2 is 1.81 bits per heavy atom. The Morgan fingerprint density at radius 1 is 1.00 bits per heavy atom. The number of rotatable bonds is 4. The SMILES string of the molecule is Cc1ccc2cnc(N)c(C(=O)N[C@@H](C)c3cc4cccc(C#Cc5cnn(C)c5)c4c(=O)n3-c3ccccc3)c2n1. The molecular formula is C33H27N7O2. The molecule has 1 atom stereocenters. The number of anilines is 1. The molecule has 6 aromatic rings. The smallest absolute Gasteiger partial charge is 0.264 e. The van der Waals surface area contributed by atoms with E-state index in [0.717, 1.165) is 11.3 Å². The number of nitrogens with zero attached hydrogens (tertiary/aromatic N) is 5. The monoisotopic (exact) mass is 553 g/mol. The van der Waals surface area contributed by atoms with Gasteiger partial charge in [-0.15, -0.1) is 0 Å². The van der Waals surface area contributed by atoms with Gasteiger partial charge in [-0.25, -0.2) is 4.98 Å². The number of pyridine rings is 3. The molecule has 0 saturated heterocycles. The minimum atomic E-state index is -0.584. The van der Waals surface area contributed by atoms with Crippen LogP contribution in [0.4, 0.5) is 5.82 Å². The number of aromatic nitrogens is 5. The Labute approximate surface area is 241 Å². The van der Waals surface area contributed by atoms with Gasteiger partial charge in [-0.2, -0.15) is 5.10 Å². The fraction of sp³-hybridized carbons (Fsp3) is 0.121. The maximum absolute atomic E-state index is 14.2. The first-order valence-electron chi connectivity index (χ1n) is 13.4. The highest BCUT2D eigenvalue weighted by Crippen LogP contribution is 2.25. The van der Waals surface area contributed by atoms with Gasteiger partial charge in [-0.3, -0.25) is 23.8 Å². The summed E-state index contributed by atoms with van der Waals surface area (Å²) in [6.45, 7) is 3.68. The number of aryl methyl sites for hydroxylation is 2. The molecule has 0 fully saturated rings. The first-order chi connectivity index (χ1) is 20.3. The van der Waals surface area contributed by atoms with Gasteiger partial charge in [0.05, 0.1) is 28.7 Å². The van der Waals surface area contributed by atoms with Crippen LogP contribution in [0.1, 0.15) is 45.8 Å². The molecule has 0 radical (unpaired) electrons. The second kappa shape index (κ2) is 10.7. The number of carbonyl (C=O) groups excluding carboxylic acids is 1. The molecule has 2 aromatic carbocycles. The summed E-state index contributed by atoms with van der Waals surface area (Å²) in [7, 11) is 1.83. The number of carbonyl (C=O) groups is 1. The first kappa shape index (κ1) is 26.5. The van der Waals surface area contributed by atoms with Crippen LogP contribution in [0, 0.1) is 18.8 Å². The highest BCUT2D eigenvalue weighted by molar-refractivity contribution is 6.09. The summed E-state index contributed by atoms with van der Waals surface area (Å²) in [6.07, 6.45) is 5.10. The van der Waals surface area contributed by atoms with Crippen molar-refractivity contribution in [1.29, 1.82) is 0 Å². The van der Waals surface area contributed by atoms with Crippen LogP contribution in [0.2, 0.25) is 0 Å². The molecule has 0 aliphatic rings. The van der Waals surface area contributed by atoms with Gasteiger partial charge >= 0.3 is 0 Å². The Bertz CT molecular complexity index is 2110. The lowest BCUT2D eigenvalue weighted by molar-refractivity contribution is 0.0941. The van der Waals surface area contributed by atoms with E-state index >= 15 is 0 Å². The maximum Gasteiger partial charge on any atom is 0.264 e. The lowest BCUT2D eigenvalue weighted by Crippen LogP contribution is -2.33. The number of benzene rings is 2. The van der Waals surface area contributed by atoms with Crippen molar-refractivity contribution in [3.63, 3.8) is 0 Å². The Hall–Kier alpha value is -5.75. The van der Waals surface area contributed by atoms with E-state index < -0.39 is 11.9 Å². The molecule has 0 unspecified atom stereocenters. The molecule has 0 bridgehead atoms. The molecular weight excluding hydrogens is 526 g/mol. The zero-order valence-electron chi connectivity index (χ0n) is 23.3. The second-order valence-electron chi connectivity index (χ2n) is 10.1. The van der Waals surface area contributed by atoms with Crippen molar-refractivity contribution in [2.75, 3.05) is 5.73 Å². The van der Waals surface area contributed by atoms with Crippen LogP contribution in [-0.4, -0.2) is 30.2 Å². The molecule has 9 nitrogen and oxygen atoms in total. The molecule has 0 saturated carbocycles. The number of nitrogens with one attached hydrogen (secondary N) is 1. The van der Waals surface area contributed by atoms with Crippen LogP contribution >= 0.6 is 0 Å². The van der Waals surface area contributed by atoms with Crippen LogP contribution < -0.4 is 16.6 Å². The maximum atomic E-state index is 14.2. The van der Waals surface area contributed by atoms with Crippen LogP contribution in [0.3, 0.4) is 0 Å². The van der Waals surface area contributed by atoms with Crippen molar-refractivity contribution in [1.82, 2.24) is 29.6 Å². The summed E-state index contributed by atoms with van der Waals surface area (Å²) in [5, 5.41) is 9.11. The fourth-order valence-corrected chi connectivity index (χ4v) is 5.04. The molecule has 9 heteroatoms. The van der Waals surface area contributed by atoms with Crippen molar-refractivity contribution in [2.24, 2.45) is 7.05 Å². The van der Waals surface area contributed by atoms with E-state index in [4.69, 9.17) is 5.73 Å².